The molecule has 0 heterocycles. The molecule has 0 saturated heterocycles. The lowest BCUT2D eigenvalue weighted by atomic mass is 10.4. The van der Waals surface area contributed by atoms with Gasteiger partial charge in [-0.1, -0.05) is 23.4 Å². The predicted molar refractivity (Wildman–Crippen MR) is 34.2 cm³/mol. The van der Waals surface area contributed by atoms with E-state index in [0.29, 0.717) is 0 Å². The molecule has 44 valence electrons. The molecule has 0 rings (SSSR count). The van der Waals surface area contributed by atoms with Crippen LogP contribution in [0.25, 0.3) is 0 Å². The molecule has 0 atom stereocenters. The molecular formula is C6H9NO. The second-order valence-electron chi connectivity index (χ2n) is 1.18. The molecule has 0 aliphatic rings. The highest BCUT2D eigenvalue weighted by Crippen LogP contribution is 1.71. The van der Waals surface area contributed by atoms with Gasteiger partial charge in [0, 0.05) is 0 Å². The molecule has 0 aromatic rings. The molecule has 2 heteroatoms. The molecule has 0 aromatic heterocycles. The summed E-state index contributed by atoms with van der Waals surface area (Å²) in [6, 6.07) is 0. The second-order valence-corrected chi connectivity index (χ2v) is 1.18. The Morgan fingerprint density at radius 1 is 1.25 bits per heavy atom. The van der Waals surface area contributed by atoms with Gasteiger partial charge in [0.25, 0.3) is 0 Å². The lowest BCUT2D eigenvalue weighted by molar-refractivity contribution is 0.322. The molecule has 0 aromatic carbocycles. The maximum Gasteiger partial charge on any atom is 0.0661 e. The number of oxime groups is 1. The van der Waals surface area contributed by atoms with E-state index in [1.807, 2.05) is 19.1 Å². The molecular weight excluding hydrogens is 102 g/mol. The fraction of sp³-hybridized carbons (Fsp3) is 0.167. The lowest BCUT2D eigenvalue weighted by Crippen LogP contribution is -1.59. The summed E-state index contributed by atoms with van der Waals surface area (Å²) in [5.74, 6) is 0. The minimum absolute atomic E-state index is 1.31. The van der Waals surface area contributed by atoms with Gasteiger partial charge in [-0.25, -0.2) is 0 Å². The van der Waals surface area contributed by atoms with Crippen LogP contribution in [0.2, 0.25) is 0 Å². The normalized spacial score (nSPS) is 12.6. The maximum atomic E-state index is 7.86. The van der Waals surface area contributed by atoms with Crippen molar-refractivity contribution in [3.05, 3.63) is 24.3 Å². The van der Waals surface area contributed by atoms with Gasteiger partial charge in [0.1, 0.15) is 0 Å². The van der Waals surface area contributed by atoms with E-state index in [1.165, 1.54) is 6.21 Å². The summed E-state index contributed by atoms with van der Waals surface area (Å²) >= 11 is 0. The highest BCUT2D eigenvalue weighted by atomic mass is 16.4. The van der Waals surface area contributed by atoms with Crippen LogP contribution >= 0.6 is 0 Å². The summed E-state index contributed by atoms with van der Waals surface area (Å²) in [6.45, 7) is 1.92. The van der Waals surface area contributed by atoms with E-state index in [-0.39, 0.29) is 0 Å². The van der Waals surface area contributed by atoms with E-state index >= 15 is 0 Å². The fourth-order valence-electron chi connectivity index (χ4n) is 0.263. The molecule has 1 N–H and O–H groups in total. The number of allylic oxidation sites excluding steroid dienone is 4. The molecule has 2 nitrogen and oxygen atoms in total. The zero-order valence-corrected chi connectivity index (χ0v) is 4.78. The van der Waals surface area contributed by atoms with Gasteiger partial charge in [-0.05, 0) is 13.0 Å². The minimum Gasteiger partial charge on any atom is -0.411 e. The molecule has 0 saturated carbocycles. The monoisotopic (exact) mass is 111 g/mol. The van der Waals surface area contributed by atoms with Crippen LogP contribution in [-0.4, -0.2) is 11.4 Å². The Hall–Kier alpha value is -1.05. The molecule has 0 unspecified atom stereocenters. The van der Waals surface area contributed by atoms with Crippen molar-refractivity contribution in [2.75, 3.05) is 0 Å². The SMILES string of the molecule is CC=CC=CC=NO. The summed E-state index contributed by atoms with van der Waals surface area (Å²) in [4.78, 5) is 0. The van der Waals surface area contributed by atoms with Crippen LogP contribution in [0, 0.1) is 0 Å². The molecule has 0 fully saturated rings. The van der Waals surface area contributed by atoms with Crippen LogP contribution in [0.1, 0.15) is 6.92 Å². The molecule has 0 radical (unpaired) electrons. The van der Waals surface area contributed by atoms with Gasteiger partial charge in [-0.2, -0.15) is 0 Å². The van der Waals surface area contributed by atoms with Crippen molar-refractivity contribution in [3.8, 4) is 0 Å². The minimum atomic E-state index is 1.31. The Labute approximate surface area is 48.8 Å². The molecule has 0 bridgehead atoms. The zero-order valence-electron chi connectivity index (χ0n) is 4.78. The highest BCUT2D eigenvalue weighted by Gasteiger charge is 1.57. The van der Waals surface area contributed by atoms with Crippen molar-refractivity contribution in [2.45, 2.75) is 6.92 Å². The second kappa shape index (κ2) is 5.95. The number of hydrogen-bond acceptors (Lipinski definition) is 2. The van der Waals surface area contributed by atoms with E-state index in [9.17, 15) is 0 Å². The van der Waals surface area contributed by atoms with Gasteiger partial charge < -0.3 is 5.21 Å². The van der Waals surface area contributed by atoms with Gasteiger partial charge in [0.2, 0.25) is 0 Å². The third kappa shape index (κ3) is 4.95. The van der Waals surface area contributed by atoms with Crippen LogP contribution in [0.5, 0.6) is 0 Å². The summed E-state index contributed by atoms with van der Waals surface area (Å²) in [5.41, 5.74) is 0. The highest BCUT2D eigenvalue weighted by molar-refractivity contribution is 5.70. The molecule has 8 heavy (non-hydrogen) atoms. The number of rotatable bonds is 2. The first-order valence-corrected chi connectivity index (χ1v) is 2.37. The van der Waals surface area contributed by atoms with E-state index in [1.54, 1.807) is 12.2 Å². The molecule has 0 aliphatic heterocycles. The average molecular weight is 111 g/mol. The third-order valence-corrected chi connectivity index (χ3v) is 0.567. The lowest BCUT2D eigenvalue weighted by Gasteiger charge is -1.67. The first-order valence-electron chi connectivity index (χ1n) is 2.37. The van der Waals surface area contributed by atoms with E-state index in [2.05, 4.69) is 5.16 Å². The van der Waals surface area contributed by atoms with Crippen LogP contribution in [0.4, 0.5) is 0 Å². The first-order chi connectivity index (χ1) is 3.91. The van der Waals surface area contributed by atoms with Gasteiger partial charge in [0.05, 0.1) is 6.21 Å². The molecule has 0 amide bonds. The third-order valence-electron chi connectivity index (χ3n) is 0.567. The van der Waals surface area contributed by atoms with Crippen molar-refractivity contribution in [2.24, 2.45) is 5.16 Å². The predicted octanol–water partition coefficient (Wildman–Crippen LogP) is 1.58. The fourth-order valence-corrected chi connectivity index (χ4v) is 0.263. The van der Waals surface area contributed by atoms with Gasteiger partial charge >= 0.3 is 0 Å². The molecule has 0 spiro atoms. The Balaban J connectivity index is 3.35. The van der Waals surface area contributed by atoms with Crippen molar-refractivity contribution < 1.29 is 5.21 Å². The summed E-state index contributed by atoms with van der Waals surface area (Å²) in [6.07, 6.45) is 8.46. The van der Waals surface area contributed by atoms with Crippen LogP contribution in [-0.2, 0) is 0 Å². The van der Waals surface area contributed by atoms with E-state index in [4.69, 9.17) is 5.21 Å². The van der Waals surface area contributed by atoms with Gasteiger partial charge in [-0.15, -0.1) is 0 Å². The topological polar surface area (TPSA) is 32.6 Å². The van der Waals surface area contributed by atoms with Crippen molar-refractivity contribution in [1.29, 1.82) is 0 Å². The van der Waals surface area contributed by atoms with Gasteiger partial charge in [0.15, 0.2) is 0 Å². The van der Waals surface area contributed by atoms with Crippen LogP contribution in [0.15, 0.2) is 29.5 Å². The first kappa shape index (κ1) is 6.95. The van der Waals surface area contributed by atoms with E-state index < -0.39 is 0 Å². The summed E-state index contributed by atoms with van der Waals surface area (Å²) in [5, 5.41) is 10.6. The summed E-state index contributed by atoms with van der Waals surface area (Å²) < 4.78 is 0. The largest absolute Gasteiger partial charge is 0.411 e. The number of nitrogens with zero attached hydrogens (tertiary/aromatic N) is 1. The average Bonchev–Trinajstić information content (AvgIpc) is 1.81. The summed E-state index contributed by atoms with van der Waals surface area (Å²) in [7, 11) is 0. The van der Waals surface area contributed by atoms with E-state index in [0.717, 1.165) is 0 Å². The number of hydrogen-bond donors (Lipinski definition) is 1. The Kier molecular flexibility index (Phi) is 5.17. The Morgan fingerprint density at radius 3 is 2.50 bits per heavy atom. The zero-order chi connectivity index (χ0) is 6.24. The Morgan fingerprint density at radius 2 is 2.00 bits per heavy atom. The smallest absolute Gasteiger partial charge is 0.0661 e. The standard InChI is InChI=1S/C6H9NO/c1-2-3-4-5-6-7-8/h2-6,8H,1H3. The van der Waals surface area contributed by atoms with Crippen molar-refractivity contribution in [1.82, 2.24) is 0 Å². The maximum absolute atomic E-state index is 7.86. The quantitative estimate of drug-likeness (QED) is 0.249. The van der Waals surface area contributed by atoms with Gasteiger partial charge in [-0.3, -0.25) is 0 Å². The van der Waals surface area contributed by atoms with Crippen molar-refractivity contribution >= 4 is 6.21 Å². The van der Waals surface area contributed by atoms with Crippen molar-refractivity contribution in [3.63, 3.8) is 0 Å². The van der Waals surface area contributed by atoms with Crippen LogP contribution < -0.4 is 0 Å². The Bertz CT molecular complexity index is 99.7. The van der Waals surface area contributed by atoms with Crippen LogP contribution in [0.3, 0.4) is 0 Å². The molecule has 0 aliphatic carbocycles.